The van der Waals surface area contributed by atoms with Crippen LogP contribution in [0.2, 0.25) is 0 Å². The van der Waals surface area contributed by atoms with Gasteiger partial charge in [-0.2, -0.15) is 5.10 Å². The first-order chi connectivity index (χ1) is 12.3. The van der Waals surface area contributed by atoms with Crippen LogP contribution in [0, 0.1) is 0 Å². The molecule has 0 spiro atoms. The van der Waals surface area contributed by atoms with E-state index in [-0.39, 0.29) is 55.4 Å². The van der Waals surface area contributed by atoms with E-state index in [4.69, 9.17) is 0 Å². The van der Waals surface area contributed by atoms with Gasteiger partial charge in [0.25, 0.3) is 0 Å². The smallest absolute Gasteiger partial charge is 0.148 e. The number of benzene rings is 1. The predicted molar refractivity (Wildman–Crippen MR) is 125 cm³/mol. The van der Waals surface area contributed by atoms with Gasteiger partial charge in [-0.15, -0.1) is 59.8 Å². The van der Waals surface area contributed by atoms with Crippen LogP contribution in [0.4, 0.5) is 5.82 Å². The monoisotopic (exact) mass is 480 g/mol. The van der Waals surface area contributed by atoms with E-state index in [0.29, 0.717) is 6.04 Å². The van der Waals surface area contributed by atoms with Crippen LogP contribution in [-0.2, 0) is 0 Å². The second-order valence-electron chi connectivity index (χ2n) is 6.19. The molecule has 0 atom stereocenters. The molecule has 0 bridgehead atoms. The molecule has 1 aromatic carbocycles. The largest absolute Gasteiger partial charge is 0.508 e. The third-order valence-corrected chi connectivity index (χ3v) is 4.44. The van der Waals surface area contributed by atoms with Gasteiger partial charge in [0.1, 0.15) is 11.6 Å². The summed E-state index contributed by atoms with van der Waals surface area (Å²) in [5.74, 6) is 0.997. The Morgan fingerprint density at radius 1 is 0.931 bits per heavy atom. The first kappa shape index (κ1) is 27.2. The highest BCUT2D eigenvalue weighted by molar-refractivity contribution is 5.86. The fourth-order valence-electron chi connectivity index (χ4n) is 3.12. The Morgan fingerprint density at radius 2 is 1.69 bits per heavy atom. The molecule has 0 aliphatic carbocycles. The number of halogens is 4. The number of rotatable bonds is 4. The average Bonchev–Trinajstić information content (AvgIpc) is 3.18. The molecule has 29 heavy (non-hydrogen) atoms. The summed E-state index contributed by atoms with van der Waals surface area (Å²) in [5.41, 5.74) is 3.42. The molecule has 0 amide bonds. The normalized spacial score (nSPS) is 13.1. The molecular formula is C18H24Cl4N6O. The summed E-state index contributed by atoms with van der Waals surface area (Å²) < 4.78 is 0. The van der Waals surface area contributed by atoms with Crippen LogP contribution in [-0.4, -0.2) is 44.6 Å². The van der Waals surface area contributed by atoms with Crippen molar-refractivity contribution in [3.63, 3.8) is 0 Å². The van der Waals surface area contributed by atoms with Gasteiger partial charge in [0.05, 0.1) is 11.9 Å². The quantitative estimate of drug-likeness (QED) is 0.448. The van der Waals surface area contributed by atoms with Gasteiger partial charge in [0, 0.05) is 23.4 Å². The second kappa shape index (κ2) is 12.7. The van der Waals surface area contributed by atoms with Gasteiger partial charge in [-0.1, -0.05) is 0 Å². The molecule has 2 aromatic heterocycles. The molecule has 0 radical (unpaired) electrons. The number of hydrogen-bond acceptors (Lipinski definition) is 6. The number of hydrogen-bond donors (Lipinski definition) is 4. The van der Waals surface area contributed by atoms with Crippen molar-refractivity contribution in [3.05, 3.63) is 42.7 Å². The van der Waals surface area contributed by atoms with Crippen molar-refractivity contribution in [3.8, 4) is 28.1 Å². The zero-order chi connectivity index (χ0) is 17.1. The second-order valence-corrected chi connectivity index (χ2v) is 6.19. The average molecular weight is 482 g/mol. The number of piperidine rings is 1. The van der Waals surface area contributed by atoms with Crippen LogP contribution >= 0.6 is 49.6 Å². The summed E-state index contributed by atoms with van der Waals surface area (Å²) >= 11 is 0. The number of nitrogens with one attached hydrogen (secondary N) is 3. The van der Waals surface area contributed by atoms with Gasteiger partial charge < -0.3 is 15.7 Å². The summed E-state index contributed by atoms with van der Waals surface area (Å²) in [5, 5.41) is 32.1. The van der Waals surface area contributed by atoms with E-state index < -0.39 is 0 Å². The minimum absolute atomic E-state index is 0. The molecule has 4 rings (SSSR count). The Labute approximate surface area is 194 Å². The summed E-state index contributed by atoms with van der Waals surface area (Å²) in [4.78, 5) is 0. The number of H-pyrrole nitrogens is 1. The summed E-state index contributed by atoms with van der Waals surface area (Å²) in [6, 6.07) is 9.56. The maximum Gasteiger partial charge on any atom is 0.148 e. The molecule has 0 unspecified atom stereocenters. The van der Waals surface area contributed by atoms with Gasteiger partial charge in [-0.05, 0) is 61.8 Å². The summed E-state index contributed by atoms with van der Waals surface area (Å²) in [6.07, 6.45) is 5.69. The van der Waals surface area contributed by atoms with Crippen molar-refractivity contribution < 1.29 is 5.11 Å². The molecule has 1 fully saturated rings. The highest BCUT2D eigenvalue weighted by atomic mass is 35.5. The maximum absolute atomic E-state index is 9.83. The standard InChI is InChI=1S/C18H20N6O.4ClH/c25-14-1-2-15(16(9-14)12-10-20-21-11-12)17-3-4-18(24-23-17)22-13-5-7-19-8-6-13;;;;/h1-4,9-11,13,19,25H,5-8H2,(H,20,21)(H,22,24);4*1H. The van der Waals surface area contributed by atoms with Crippen LogP contribution in [0.3, 0.4) is 0 Å². The Balaban J connectivity index is 0.00000196. The lowest BCUT2D eigenvalue weighted by atomic mass is 9.99. The number of aromatic nitrogens is 4. The molecule has 7 nitrogen and oxygen atoms in total. The van der Waals surface area contributed by atoms with Gasteiger partial charge in [-0.25, -0.2) is 0 Å². The number of phenolic OH excluding ortho intramolecular Hbond substituents is 1. The molecule has 3 aromatic rings. The molecule has 11 heteroatoms. The zero-order valence-electron chi connectivity index (χ0n) is 15.4. The summed E-state index contributed by atoms with van der Waals surface area (Å²) in [7, 11) is 0. The Hall–Kier alpha value is -1.77. The minimum Gasteiger partial charge on any atom is -0.508 e. The SMILES string of the molecule is Cl.Cl.Cl.Cl.Oc1ccc(-c2ccc(NC3CCNCC3)nn2)c(-c2cn[nH]c2)c1. The molecule has 160 valence electrons. The lowest BCUT2D eigenvalue weighted by molar-refractivity contribution is 0.475. The molecular weight excluding hydrogens is 458 g/mol. The fraction of sp³-hybridized carbons (Fsp3) is 0.278. The molecule has 1 aliphatic heterocycles. The number of nitrogens with zero attached hydrogens (tertiary/aromatic N) is 3. The Morgan fingerprint density at radius 3 is 2.31 bits per heavy atom. The van der Waals surface area contributed by atoms with Crippen molar-refractivity contribution in [2.24, 2.45) is 0 Å². The van der Waals surface area contributed by atoms with E-state index in [1.807, 2.05) is 18.2 Å². The van der Waals surface area contributed by atoms with Crippen molar-refractivity contribution in [2.75, 3.05) is 18.4 Å². The number of phenols is 1. The minimum atomic E-state index is 0. The van der Waals surface area contributed by atoms with E-state index in [1.54, 1.807) is 24.5 Å². The van der Waals surface area contributed by atoms with Crippen LogP contribution < -0.4 is 10.6 Å². The van der Waals surface area contributed by atoms with E-state index in [2.05, 4.69) is 31.0 Å². The first-order valence-corrected chi connectivity index (χ1v) is 8.43. The van der Waals surface area contributed by atoms with Crippen molar-refractivity contribution in [2.45, 2.75) is 18.9 Å². The van der Waals surface area contributed by atoms with Crippen LogP contribution in [0.25, 0.3) is 22.4 Å². The Kier molecular flexibility index (Phi) is 11.9. The van der Waals surface area contributed by atoms with Gasteiger partial charge >= 0.3 is 0 Å². The third kappa shape index (κ3) is 6.62. The third-order valence-electron chi connectivity index (χ3n) is 4.44. The van der Waals surface area contributed by atoms with Gasteiger partial charge in [-0.3, -0.25) is 5.10 Å². The number of aromatic hydroxyl groups is 1. The lowest BCUT2D eigenvalue weighted by Gasteiger charge is -2.23. The van der Waals surface area contributed by atoms with E-state index in [1.165, 1.54) is 0 Å². The maximum atomic E-state index is 9.83. The van der Waals surface area contributed by atoms with Gasteiger partial charge in [0.15, 0.2) is 0 Å². The first-order valence-electron chi connectivity index (χ1n) is 8.43. The van der Waals surface area contributed by atoms with E-state index in [0.717, 1.165) is 54.1 Å². The van der Waals surface area contributed by atoms with E-state index >= 15 is 0 Å². The highest BCUT2D eigenvalue weighted by Gasteiger charge is 2.14. The van der Waals surface area contributed by atoms with Crippen molar-refractivity contribution in [1.29, 1.82) is 0 Å². The lowest BCUT2D eigenvalue weighted by Crippen LogP contribution is -2.35. The molecule has 0 saturated carbocycles. The predicted octanol–water partition coefficient (Wildman–Crippen LogP) is 4.09. The van der Waals surface area contributed by atoms with E-state index in [9.17, 15) is 5.11 Å². The van der Waals surface area contributed by atoms with Crippen LogP contribution in [0.5, 0.6) is 5.75 Å². The molecule has 1 saturated heterocycles. The number of aromatic amines is 1. The fourth-order valence-corrected chi connectivity index (χ4v) is 3.12. The van der Waals surface area contributed by atoms with Crippen LogP contribution in [0.15, 0.2) is 42.7 Å². The topological polar surface area (TPSA) is 98.8 Å². The molecule has 3 heterocycles. The highest BCUT2D eigenvalue weighted by Crippen LogP contribution is 2.33. The molecule has 1 aliphatic rings. The Bertz CT molecular complexity index is 842. The van der Waals surface area contributed by atoms with Crippen LogP contribution in [0.1, 0.15) is 12.8 Å². The van der Waals surface area contributed by atoms with Crippen molar-refractivity contribution in [1.82, 2.24) is 25.7 Å². The van der Waals surface area contributed by atoms with Gasteiger partial charge in [0.2, 0.25) is 0 Å². The van der Waals surface area contributed by atoms with Crippen molar-refractivity contribution >= 4 is 55.4 Å². The summed E-state index contributed by atoms with van der Waals surface area (Å²) in [6.45, 7) is 2.06. The molecule has 4 N–H and O–H groups in total. The number of anilines is 1. The zero-order valence-corrected chi connectivity index (χ0v) is 18.6.